The maximum atomic E-state index is 13.0. The fraction of sp³-hybridized carbons (Fsp3) is 0.300. The molecule has 3 aromatic rings. The van der Waals surface area contributed by atoms with Crippen molar-refractivity contribution in [1.82, 2.24) is 9.55 Å². The second-order valence-electron chi connectivity index (χ2n) is 6.66. The summed E-state index contributed by atoms with van der Waals surface area (Å²) in [6.45, 7) is 3.05. The molecule has 0 radical (unpaired) electrons. The van der Waals surface area contributed by atoms with E-state index in [9.17, 15) is 18.0 Å². The number of anilines is 1. The summed E-state index contributed by atoms with van der Waals surface area (Å²) >= 11 is 0. The number of carbonyl (C=O) groups excluding carboxylic acids is 1. The Balaban J connectivity index is 1.68. The highest BCUT2D eigenvalue weighted by Gasteiger charge is 2.36. The average molecular weight is 373 g/mol. The number of benzene rings is 2. The van der Waals surface area contributed by atoms with Crippen molar-refractivity contribution >= 4 is 22.6 Å². The molecule has 1 atom stereocenters. The van der Waals surface area contributed by atoms with Gasteiger partial charge in [0.2, 0.25) is 5.91 Å². The Morgan fingerprint density at radius 3 is 2.67 bits per heavy atom. The first-order chi connectivity index (χ1) is 12.9. The molecule has 2 aromatic carbocycles. The number of aromatic nitrogens is 2. The van der Waals surface area contributed by atoms with Crippen molar-refractivity contribution in [3.8, 4) is 0 Å². The Bertz CT molecular complexity index is 1010. The van der Waals surface area contributed by atoms with Crippen LogP contribution in [0.25, 0.3) is 11.0 Å². The van der Waals surface area contributed by atoms with Crippen LogP contribution in [-0.4, -0.2) is 22.0 Å². The standard InChI is InChI=1S/C20H18F3N3O/c1-2-25-17-9-4-3-8-16(17)24-19(25)13-10-18(27)26(12-13)15-7-5-6-14(11-15)20(21,22)23/h3-9,11,13H,2,10,12H2,1H3. The van der Waals surface area contributed by atoms with Crippen LogP contribution in [0.15, 0.2) is 48.5 Å². The van der Waals surface area contributed by atoms with E-state index in [1.165, 1.54) is 17.0 Å². The van der Waals surface area contributed by atoms with Crippen LogP contribution in [0, 0.1) is 0 Å². The zero-order valence-corrected chi connectivity index (χ0v) is 14.7. The molecule has 140 valence electrons. The van der Waals surface area contributed by atoms with E-state index in [1.54, 1.807) is 0 Å². The van der Waals surface area contributed by atoms with Crippen LogP contribution >= 0.6 is 0 Å². The predicted octanol–water partition coefficient (Wildman–Crippen LogP) is 4.60. The molecular weight excluding hydrogens is 355 g/mol. The lowest BCUT2D eigenvalue weighted by molar-refractivity contribution is -0.137. The zero-order valence-electron chi connectivity index (χ0n) is 14.7. The predicted molar refractivity (Wildman–Crippen MR) is 96.6 cm³/mol. The highest BCUT2D eigenvalue weighted by molar-refractivity contribution is 5.96. The topological polar surface area (TPSA) is 38.1 Å². The van der Waals surface area contributed by atoms with Crippen LogP contribution in [0.5, 0.6) is 0 Å². The Hall–Kier alpha value is -2.83. The third-order valence-electron chi connectivity index (χ3n) is 4.98. The van der Waals surface area contributed by atoms with Gasteiger partial charge in [0.1, 0.15) is 5.82 Å². The third kappa shape index (κ3) is 3.07. The first-order valence-electron chi connectivity index (χ1n) is 8.81. The van der Waals surface area contributed by atoms with Gasteiger partial charge >= 0.3 is 6.18 Å². The molecule has 1 unspecified atom stereocenters. The summed E-state index contributed by atoms with van der Waals surface area (Å²) in [7, 11) is 0. The van der Waals surface area contributed by atoms with E-state index < -0.39 is 11.7 Å². The summed E-state index contributed by atoms with van der Waals surface area (Å²) in [5.74, 6) is 0.468. The molecule has 0 N–H and O–H groups in total. The van der Waals surface area contributed by atoms with E-state index in [0.717, 1.165) is 29.0 Å². The molecule has 2 heterocycles. The molecule has 0 spiro atoms. The van der Waals surface area contributed by atoms with E-state index in [4.69, 9.17) is 0 Å². The van der Waals surface area contributed by atoms with Gasteiger partial charge in [0.15, 0.2) is 0 Å². The number of nitrogens with zero attached hydrogens (tertiary/aromatic N) is 3. The van der Waals surface area contributed by atoms with Gasteiger partial charge in [-0.2, -0.15) is 13.2 Å². The molecule has 27 heavy (non-hydrogen) atoms. The molecule has 0 saturated carbocycles. The smallest absolute Gasteiger partial charge is 0.328 e. The zero-order chi connectivity index (χ0) is 19.2. The molecule has 1 aromatic heterocycles. The molecular formula is C20H18F3N3O. The van der Waals surface area contributed by atoms with Crippen molar-refractivity contribution in [3.63, 3.8) is 0 Å². The molecule has 1 fully saturated rings. The van der Waals surface area contributed by atoms with Gasteiger partial charge < -0.3 is 9.47 Å². The van der Waals surface area contributed by atoms with Gasteiger partial charge in [0, 0.05) is 31.1 Å². The largest absolute Gasteiger partial charge is 0.416 e. The summed E-state index contributed by atoms with van der Waals surface area (Å²) < 4.78 is 41.1. The third-order valence-corrected chi connectivity index (χ3v) is 4.98. The van der Waals surface area contributed by atoms with Crippen LogP contribution in [0.1, 0.15) is 30.7 Å². The Morgan fingerprint density at radius 2 is 1.93 bits per heavy atom. The number of hydrogen-bond acceptors (Lipinski definition) is 2. The van der Waals surface area contributed by atoms with E-state index in [0.29, 0.717) is 13.1 Å². The van der Waals surface area contributed by atoms with Gasteiger partial charge in [0.25, 0.3) is 0 Å². The van der Waals surface area contributed by atoms with Crippen molar-refractivity contribution in [1.29, 1.82) is 0 Å². The summed E-state index contributed by atoms with van der Waals surface area (Å²) in [5.41, 5.74) is 1.38. The fourth-order valence-corrected chi connectivity index (χ4v) is 3.72. The maximum absolute atomic E-state index is 13.0. The minimum Gasteiger partial charge on any atom is -0.328 e. The van der Waals surface area contributed by atoms with Gasteiger partial charge in [0.05, 0.1) is 16.6 Å². The number of imidazole rings is 1. The summed E-state index contributed by atoms with van der Waals surface area (Å²) in [5, 5.41) is 0. The second kappa shape index (κ2) is 6.40. The van der Waals surface area contributed by atoms with Crippen molar-refractivity contribution in [3.05, 3.63) is 59.9 Å². The molecule has 0 bridgehead atoms. The molecule has 0 aliphatic carbocycles. The van der Waals surface area contributed by atoms with E-state index in [1.807, 2.05) is 31.2 Å². The highest BCUT2D eigenvalue weighted by atomic mass is 19.4. The van der Waals surface area contributed by atoms with Crippen molar-refractivity contribution in [2.45, 2.75) is 32.0 Å². The van der Waals surface area contributed by atoms with E-state index in [-0.39, 0.29) is 23.9 Å². The second-order valence-corrected chi connectivity index (χ2v) is 6.66. The molecule has 1 amide bonds. The first-order valence-corrected chi connectivity index (χ1v) is 8.81. The van der Waals surface area contributed by atoms with Gasteiger partial charge in [-0.1, -0.05) is 18.2 Å². The first kappa shape index (κ1) is 17.6. The average Bonchev–Trinajstić information content (AvgIpc) is 3.21. The van der Waals surface area contributed by atoms with Crippen LogP contribution in [-0.2, 0) is 17.5 Å². The number of fused-ring (bicyclic) bond motifs is 1. The molecule has 4 nitrogen and oxygen atoms in total. The monoisotopic (exact) mass is 373 g/mol. The summed E-state index contributed by atoms with van der Waals surface area (Å²) in [4.78, 5) is 18.7. The Morgan fingerprint density at radius 1 is 1.15 bits per heavy atom. The van der Waals surface area contributed by atoms with Crippen LogP contribution in [0.2, 0.25) is 0 Å². The van der Waals surface area contributed by atoms with Crippen molar-refractivity contribution in [2.75, 3.05) is 11.4 Å². The quantitative estimate of drug-likeness (QED) is 0.673. The summed E-state index contributed by atoms with van der Waals surface area (Å²) in [6.07, 6.45) is -4.20. The number of hydrogen-bond donors (Lipinski definition) is 0. The van der Waals surface area contributed by atoms with Gasteiger partial charge in [-0.25, -0.2) is 4.98 Å². The molecule has 7 heteroatoms. The normalized spacial score (nSPS) is 17.9. The number of amides is 1. The fourth-order valence-electron chi connectivity index (χ4n) is 3.72. The number of carbonyl (C=O) groups is 1. The molecule has 1 saturated heterocycles. The Kier molecular flexibility index (Phi) is 4.17. The van der Waals surface area contributed by atoms with Crippen LogP contribution in [0.3, 0.4) is 0 Å². The number of para-hydroxylation sites is 2. The minimum atomic E-state index is -4.44. The SMILES string of the molecule is CCn1c(C2CC(=O)N(c3cccc(C(F)(F)F)c3)C2)nc2ccccc21. The minimum absolute atomic E-state index is 0.153. The van der Waals surface area contributed by atoms with E-state index in [2.05, 4.69) is 9.55 Å². The summed E-state index contributed by atoms with van der Waals surface area (Å²) in [6, 6.07) is 12.7. The van der Waals surface area contributed by atoms with Crippen molar-refractivity contribution < 1.29 is 18.0 Å². The Labute approximate surface area is 154 Å². The lowest BCUT2D eigenvalue weighted by atomic mass is 10.1. The molecule has 1 aliphatic rings. The van der Waals surface area contributed by atoms with Crippen LogP contribution < -0.4 is 4.90 Å². The number of alkyl halides is 3. The van der Waals surface area contributed by atoms with Crippen LogP contribution in [0.4, 0.5) is 18.9 Å². The maximum Gasteiger partial charge on any atom is 0.416 e. The highest BCUT2D eigenvalue weighted by Crippen LogP contribution is 2.36. The molecule has 1 aliphatic heterocycles. The lowest BCUT2D eigenvalue weighted by Crippen LogP contribution is -2.25. The number of halogens is 3. The number of rotatable bonds is 3. The van der Waals surface area contributed by atoms with Gasteiger partial charge in [-0.05, 0) is 37.3 Å². The lowest BCUT2D eigenvalue weighted by Gasteiger charge is -2.18. The molecule has 4 rings (SSSR count). The van der Waals surface area contributed by atoms with Gasteiger partial charge in [-0.3, -0.25) is 4.79 Å². The van der Waals surface area contributed by atoms with Gasteiger partial charge in [-0.15, -0.1) is 0 Å². The van der Waals surface area contributed by atoms with Crippen molar-refractivity contribution in [2.24, 2.45) is 0 Å². The van der Waals surface area contributed by atoms with E-state index >= 15 is 0 Å². The number of aryl methyl sites for hydroxylation is 1.